The Bertz CT molecular complexity index is 972. The van der Waals surface area contributed by atoms with Gasteiger partial charge in [-0.15, -0.1) is 0 Å². The number of carbonyl (C=O) groups is 2. The molecule has 0 aliphatic heterocycles. The maximum atomic E-state index is 13.1. The SMILES string of the molecule is COC(=O)[C@H](Cc1ccc(OCc2ccccc2)cc1)NC(=O)c1ccc(F)cc1. The van der Waals surface area contributed by atoms with E-state index in [-0.39, 0.29) is 12.0 Å². The summed E-state index contributed by atoms with van der Waals surface area (Å²) in [5, 5.41) is 2.65. The average Bonchev–Trinajstić information content (AvgIpc) is 2.78. The molecule has 0 bridgehead atoms. The van der Waals surface area contributed by atoms with Gasteiger partial charge in [-0.25, -0.2) is 9.18 Å². The van der Waals surface area contributed by atoms with Gasteiger partial charge < -0.3 is 14.8 Å². The lowest BCUT2D eigenvalue weighted by molar-refractivity contribution is -0.142. The molecular weight excluding hydrogens is 385 g/mol. The van der Waals surface area contributed by atoms with Crippen molar-refractivity contribution >= 4 is 11.9 Å². The van der Waals surface area contributed by atoms with Crippen LogP contribution in [0.3, 0.4) is 0 Å². The number of esters is 1. The molecule has 0 saturated heterocycles. The van der Waals surface area contributed by atoms with E-state index in [2.05, 4.69) is 5.32 Å². The largest absolute Gasteiger partial charge is 0.489 e. The van der Waals surface area contributed by atoms with Crippen molar-refractivity contribution < 1.29 is 23.5 Å². The molecule has 0 unspecified atom stereocenters. The lowest BCUT2D eigenvalue weighted by Gasteiger charge is -2.17. The van der Waals surface area contributed by atoms with Crippen LogP contribution in [0.2, 0.25) is 0 Å². The van der Waals surface area contributed by atoms with Crippen LogP contribution in [0.25, 0.3) is 0 Å². The van der Waals surface area contributed by atoms with E-state index < -0.39 is 23.7 Å². The number of halogens is 1. The monoisotopic (exact) mass is 407 g/mol. The molecule has 0 aliphatic carbocycles. The Kier molecular flexibility index (Phi) is 7.16. The maximum Gasteiger partial charge on any atom is 0.328 e. The van der Waals surface area contributed by atoms with Crippen LogP contribution in [0.1, 0.15) is 21.5 Å². The topological polar surface area (TPSA) is 64.6 Å². The number of hydrogen-bond donors (Lipinski definition) is 1. The van der Waals surface area contributed by atoms with Gasteiger partial charge in [0, 0.05) is 12.0 Å². The number of carbonyl (C=O) groups excluding carboxylic acids is 2. The molecule has 3 aromatic rings. The van der Waals surface area contributed by atoms with Crippen molar-refractivity contribution in [2.45, 2.75) is 19.1 Å². The standard InChI is InChI=1S/C24H22FNO4/c1-29-24(28)22(26-23(27)19-9-11-20(25)12-10-19)15-17-7-13-21(14-8-17)30-16-18-5-3-2-4-6-18/h2-14,22H,15-16H2,1H3,(H,26,27)/t22-/m0/s1. The van der Waals surface area contributed by atoms with Gasteiger partial charge in [-0.2, -0.15) is 0 Å². The van der Waals surface area contributed by atoms with Crippen LogP contribution in [0.5, 0.6) is 5.75 Å². The third-order valence-electron chi connectivity index (χ3n) is 4.51. The molecule has 0 saturated carbocycles. The highest BCUT2D eigenvalue weighted by molar-refractivity contribution is 5.96. The molecule has 1 N–H and O–H groups in total. The van der Waals surface area contributed by atoms with Crippen LogP contribution in [0, 0.1) is 5.82 Å². The Morgan fingerprint density at radius 2 is 1.57 bits per heavy atom. The van der Waals surface area contributed by atoms with Crippen LogP contribution < -0.4 is 10.1 Å². The van der Waals surface area contributed by atoms with Gasteiger partial charge in [0.15, 0.2) is 0 Å². The Morgan fingerprint density at radius 3 is 2.20 bits per heavy atom. The molecule has 0 heterocycles. The minimum absolute atomic E-state index is 0.249. The molecule has 1 amide bonds. The van der Waals surface area contributed by atoms with Gasteiger partial charge in [-0.3, -0.25) is 4.79 Å². The van der Waals surface area contributed by atoms with E-state index >= 15 is 0 Å². The summed E-state index contributed by atoms with van der Waals surface area (Å²) in [6.45, 7) is 0.457. The minimum atomic E-state index is -0.872. The number of rotatable bonds is 8. The molecular formula is C24H22FNO4. The second-order valence-corrected chi connectivity index (χ2v) is 6.68. The van der Waals surface area contributed by atoms with Crippen LogP contribution in [-0.2, 0) is 22.6 Å². The summed E-state index contributed by atoms with van der Waals surface area (Å²) >= 11 is 0. The third kappa shape index (κ3) is 5.91. The fourth-order valence-corrected chi connectivity index (χ4v) is 2.88. The summed E-state index contributed by atoms with van der Waals surface area (Å²) in [5.74, 6) is -0.777. The Morgan fingerprint density at radius 1 is 0.900 bits per heavy atom. The first-order valence-corrected chi connectivity index (χ1v) is 9.45. The van der Waals surface area contributed by atoms with Crippen molar-refractivity contribution in [2.24, 2.45) is 0 Å². The summed E-state index contributed by atoms with van der Waals surface area (Å²) in [4.78, 5) is 24.5. The molecule has 5 nitrogen and oxygen atoms in total. The van der Waals surface area contributed by atoms with Crippen molar-refractivity contribution in [1.29, 1.82) is 0 Å². The molecule has 0 aromatic heterocycles. The lowest BCUT2D eigenvalue weighted by Crippen LogP contribution is -2.43. The molecule has 154 valence electrons. The summed E-state index contributed by atoms with van der Waals surface area (Å²) in [5.41, 5.74) is 2.16. The average molecular weight is 407 g/mol. The van der Waals surface area contributed by atoms with Crippen molar-refractivity contribution in [3.63, 3.8) is 0 Å². The maximum absolute atomic E-state index is 13.1. The second kappa shape index (κ2) is 10.2. The summed E-state index contributed by atoms with van der Waals surface area (Å²) < 4.78 is 23.6. The molecule has 0 radical (unpaired) electrons. The van der Waals surface area contributed by atoms with E-state index in [1.165, 1.54) is 31.4 Å². The van der Waals surface area contributed by atoms with E-state index in [9.17, 15) is 14.0 Å². The molecule has 30 heavy (non-hydrogen) atoms. The Labute approximate surface area is 174 Å². The van der Waals surface area contributed by atoms with Crippen LogP contribution in [0.15, 0.2) is 78.9 Å². The van der Waals surface area contributed by atoms with Gasteiger partial charge in [0.05, 0.1) is 7.11 Å². The van der Waals surface area contributed by atoms with Gasteiger partial charge >= 0.3 is 5.97 Å². The summed E-state index contributed by atoms with van der Waals surface area (Å²) in [7, 11) is 1.26. The highest BCUT2D eigenvalue weighted by Crippen LogP contribution is 2.16. The van der Waals surface area contributed by atoms with Gasteiger partial charge in [0.1, 0.15) is 24.2 Å². The number of hydrogen-bond acceptors (Lipinski definition) is 4. The van der Waals surface area contributed by atoms with E-state index in [1.54, 1.807) is 0 Å². The first-order chi connectivity index (χ1) is 14.5. The fourth-order valence-electron chi connectivity index (χ4n) is 2.88. The van der Waals surface area contributed by atoms with Gasteiger partial charge in [-0.1, -0.05) is 42.5 Å². The number of benzene rings is 3. The minimum Gasteiger partial charge on any atom is -0.489 e. The van der Waals surface area contributed by atoms with Crippen LogP contribution >= 0.6 is 0 Å². The van der Waals surface area contributed by atoms with Crippen molar-refractivity contribution in [1.82, 2.24) is 5.32 Å². The van der Waals surface area contributed by atoms with Gasteiger partial charge in [0.2, 0.25) is 0 Å². The smallest absolute Gasteiger partial charge is 0.328 e. The second-order valence-electron chi connectivity index (χ2n) is 6.68. The Hall–Kier alpha value is -3.67. The normalized spacial score (nSPS) is 11.4. The van der Waals surface area contributed by atoms with Crippen LogP contribution in [0.4, 0.5) is 4.39 Å². The Balaban J connectivity index is 1.62. The van der Waals surface area contributed by atoms with Crippen molar-refractivity contribution in [3.8, 4) is 5.75 Å². The summed E-state index contributed by atoms with van der Waals surface area (Å²) in [6, 6.07) is 21.3. The molecule has 3 rings (SSSR count). The van der Waals surface area contributed by atoms with Crippen molar-refractivity contribution in [2.75, 3.05) is 7.11 Å². The van der Waals surface area contributed by atoms with Gasteiger partial charge in [0.25, 0.3) is 5.91 Å². The molecule has 0 spiro atoms. The highest BCUT2D eigenvalue weighted by atomic mass is 19.1. The molecule has 6 heteroatoms. The number of nitrogens with one attached hydrogen (secondary N) is 1. The molecule has 3 aromatic carbocycles. The van der Waals surface area contributed by atoms with Crippen LogP contribution in [-0.4, -0.2) is 25.0 Å². The zero-order valence-electron chi connectivity index (χ0n) is 16.5. The quantitative estimate of drug-likeness (QED) is 0.575. The van der Waals surface area contributed by atoms with Crippen molar-refractivity contribution in [3.05, 3.63) is 101 Å². The van der Waals surface area contributed by atoms with E-state index in [0.717, 1.165) is 11.1 Å². The van der Waals surface area contributed by atoms with Gasteiger partial charge in [-0.05, 0) is 47.5 Å². The van der Waals surface area contributed by atoms with E-state index in [0.29, 0.717) is 12.4 Å². The third-order valence-corrected chi connectivity index (χ3v) is 4.51. The number of ether oxygens (including phenoxy) is 2. The first kappa shape index (κ1) is 21.0. The molecule has 0 aliphatic rings. The number of methoxy groups -OCH3 is 1. The molecule has 0 fully saturated rings. The highest BCUT2D eigenvalue weighted by Gasteiger charge is 2.22. The predicted molar refractivity (Wildman–Crippen MR) is 111 cm³/mol. The zero-order valence-corrected chi connectivity index (χ0v) is 16.5. The fraction of sp³-hybridized carbons (Fsp3) is 0.167. The summed E-state index contributed by atoms with van der Waals surface area (Å²) in [6.07, 6.45) is 0.249. The molecule has 1 atom stereocenters. The van der Waals surface area contributed by atoms with E-state index in [4.69, 9.17) is 9.47 Å². The van der Waals surface area contributed by atoms with E-state index in [1.807, 2.05) is 54.6 Å². The predicted octanol–water partition coefficient (Wildman–Crippen LogP) is 3.92. The zero-order chi connectivity index (χ0) is 21.3. The first-order valence-electron chi connectivity index (χ1n) is 9.45. The lowest BCUT2D eigenvalue weighted by atomic mass is 10.0. The number of amides is 1.